The number of hydrogen-bond donors (Lipinski definition) is 0. The van der Waals surface area contributed by atoms with Gasteiger partial charge in [0, 0.05) is 12.7 Å². The molecule has 1 aromatic rings. The van der Waals surface area contributed by atoms with Crippen LogP contribution in [0, 0.1) is 27.7 Å². The molecule has 0 aliphatic rings. The van der Waals surface area contributed by atoms with Crippen molar-refractivity contribution in [2.45, 2.75) is 26.1 Å². The predicted octanol–water partition coefficient (Wildman–Crippen LogP) is 2.85. The topological polar surface area (TPSA) is 26.3 Å². The Morgan fingerprint density at radius 2 is 1.75 bits per heavy atom. The normalized spacial score (nSPS) is 14.6. The van der Waals surface area contributed by atoms with Gasteiger partial charge in [-0.1, -0.05) is 26.9 Å². The minimum Gasteiger partial charge on any atom is -0.366 e. The van der Waals surface area contributed by atoms with Gasteiger partial charge in [0.15, 0.2) is 5.78 Å². The highest BCUT2D eigenvalue weighted by atomic mass is 31.0. The van der Waals surface area contributed by atoms with Crippen LogP contribution >= 0.6 is 9.24 Å². The predicted molar refractivity (Wildman–Crippen MR) is 69.8 cm³/mol. The smallest absolute Gasteiger partial charge is 0.198 e. The SMILES string of the molecule is [CH2]C(P)(OC)C(=O)c1c(C)cc(C)cc1C. The van der Waals surface area contributed by atoms with Gasteiger partial charge in [-0.05, 0) is 38.8 Å². The van der Waals surface area contributed by atoms with Crippen molar-refractivity contribution in [3.63, 3.8) is 0 Å². The standard InChI is InChI=1S/C13H18O2P/c1-8-6-9(2)11(10(3)7-8)12(14)13(4,16)15-5/h6-7H,4,16H2,1-3,5H3. The Hall–Kier alpha value is -0.720. The Balaban J connectivity index is 3.30. The van der Waals surface area contributed by atoms with Gasteiger partial charge in [-0.15, -0.1) is 0 Å². The van der Waals surface area contributed by atoms with Crippen molar-refractivity contribution >= 4 is 15.0 Å². The number of aryl methyl sites for hydroxylation is 3. The highest BCUT2D eigenvalue weighted by Gasteiger charge is 2.30. The van der Waals surface area contributed by atoms with Crippen LogP contribution in [-0.2, 0) is 4.74 Å². The lowest BCUT2D eigenvalue weighted by Crippen LogP contribution is -2.31. The molecule has 0 aliphatic carbocycles. The average molecular weight is 237 g/mol. The van der Waals surface area contributed by atoms with Crippen LogP contribution in [0.1, 0.15) is 27.0 Å². The van der Waals surface area contributed by atoms with E-state index in [4.69, 9.17) is 4.74 Å². The lowest BCUT2D eigenvalue weighted by molar-refractivity contribution is 0.0618. The first-order chi connectivity index (χ1) is 7.29. The highest BCUT2D eigenvalue weighted by Crippen LogP contribution is 2.27. The van der Waals surface area contributed by atoms with E-state index in [1.807, 2.05) is 32.9 Å². The van der Waals surface area contributed by atoms with E-state index in [0.29, 0.717) is 5.56 Å². The van der Waals surface area contributed by atoms with Gasteiger partial charge in [-0.25, -0.2) is 0 Å². The largest absolute Gasteiger partial charge is 0.366 e. The summed E-state index contributed by atoms with van der Waals surface area (Å²) in [7, 11) is 3.84. The zero-order chi connectivity index (χ0) is 12.5. The van der Waals surface area contributed by atoms with Crippen molar-refractivity contribution in [2.24, 2.45) is 0 Å². The second-order valence-electron chi connectivity index (χ2n) is 4.20. The molecule has 0 amide bonds. The van der Waals surface area contributed by atoms with Crippen molar-refractivity contribution < 1.29 is 9.53 Å². The van der Waals surface area contributed by atoms with Crippen molar-refractivity contribution in [1.82, 2.24) is 0 Å². The van der Waals surface area contributed by atoms with Gasteiger partial charge in [0.25, 0.3) is 0 Å². The molecule has 0 bridgehead atoms. The Morgan fingerprint density at radius 3 is 2.12 bits per heavy atom. The van der Waals surface area contributed by atoms with Crippen LogP contribution in [0.25, 0.3) is 0 Å². The number of ketones is 1. The molecule has 0 aliphatic heterocycles. The van der Waals surface area contributed by atoms with Crippen LogP contribution in [0.3, 0.4) is 0 Å². The summed E-state index contributed by atoms with van der Waals surface area (Å²) in [6.07, 6.45) is 0. The molecule has 0 saturated heterocycles. The van der Waals surface area contributed by atoms with Crippen LogP contribution < -0.4 is 0 Å². The lowest BCUT2D eigenvalue weighted by Gasteiger charge is -2.23. The summed E-state index contributed by atoms with van der Waals surface area (Å²) in [6, 6.07) is 3.99. The van der Waals surface area contributed by atoms with E-state index in [9.17, 15) is 4.79 Å². The summed E-state index contributed by atoms with van der Waals surface area (Å²) in [4.78, 5) is 12.2. The molecule has 0 fully saturated rings. The molecule has 0 N–H and O–H groups in total. The third-order valence-electron chi connectivity index (χ3n) is 2.65. The number of benzene rings is 1. The van der Waals surface area contributed by atoms with Crippen LogP contribution in [0.5, 0.6) is 0 Å². The maximum atomic E-state index is 12.2. The van der Waals surface area contributed by atoms with E-state index >= 15 is 0 Å². The molecular formula is C13H18O2P. The van der Waals surface area contributed by atoms with Gasteiger partial charge in [-0.3, -0.25) is 4.79 Å². The first kappa shape index (κ1) is 13.3. The first-order valence-electron chi connectivity index (χ1n) is 5.11. The summed E-state index contributed by atoms with van der Waals surface area (Å²) in [5.74, 6) is -0.102. The van der Waals surface area contributed by atoms with E-state index in [1.54, 1.807) is 0 Å². The fourth-order valence-electron chi connectivity index (χ4n) is 1.84. The van der Waals surface area contributed by atoms with E-state index in [2.05, 4.69) is 16.2 Å². The van der Waals surface area contributed by atoms with Crippen LogP contribution in [0.2, 0.25) is 0 Å². The van der Waals surface area contributed by atoms with Crippen LogP contribution in [0.15, 0.2) is 12.1 Å². The average Bonchev–Trinajstić information content (AvgIpc) is 2.15. The quantitative estimate of drug-likeness (QED) is 0.597. The summed E-state index contributed by atoms with van der Waals surface area (Å²) >= 11 is 0. The molecule has 2 nitrogen and oxygen atoms in total. The molecule has 3 heteroatoms. The maximum absolute atomic E-state index is 12.2. The van der Waals surface area contributed by atoms with Gasteiger partial charge in [0.1, 0.15) is 5.34 Å². The maximum Gasteiger partial charge on any atom is 0.198 e. The molecular weight excluding hydrogens is 219 g/mol. The molecule has 0 aromatic heterocycles. The number of carbonyl (C=O) groups excluding carboxylic acids is 1. The third kappa shape index (κ3) is 2.50. The Morgan fingerprint density at radius 1 is 1.31 bits per heavy atom. The van der Waals surface area contributed by atoms with Gasteiger partial charge in [-0.2, -0.15) is 0 Å². The van der Waals surface area contributed by atoms with E-state index in [-0.39, 0.29) is 5.78 Å². The Kier molecular flexibility index (Phi) is 3.88. The molecule has 16 heavy (non-hydrogen) atoms. The minimum absolute atomic E-state index is 0.102. The summed E-state index contributed by atoms with van der Waals surface area (Å²) in [5.41, 5.74) is 3.80. The summed E-state index contributed by atoms with van der Waals surface area (Å²) in [5, 5.41) is -1.09. The van der Waals surface area contributed by atoms with E-state index in [1.165, 1.54) is 7.11 Å². The molecule has 87 valence electrons. The number of Topliss-reactive ketones (excluding diaryl/α,β-unsaturated/α-hetero) is 1. The summed E-state index contributed by atoms with van der Waals surface area (Å²) < 4.78 is 5.10. The fraction of sp³-hybridized carbons (Fsp3) is 0.385. The lowest BCUT2D eigenvalue weighted by atomic mass is 9.94. The van der Waals surface area contributed by atoms with E-state index in [0.717, 1.165) is 16.7 Å². The zero-order valence-corrected chi connectivity index (χ0v) is 11.4. The number of rotatable bonds is 3. The van der Waals surface area contributed by atoms with E-state index < -0.39 is 5.34 Å². The molecule has 0 saturated carbocycles. The van der Waals surface area contributed by atoms with Gasteiger partial charge in [0.2, 0.25) is 0 Å². The molecule has 1 rings (SSSR count). The second-order valence-corrected chi connectivity index (χ2v) is 5.13. The number of ether oxygens (including phenoxy) is 1. The van der Waals surface area contributed by atoms with Gasteiger partial charge < -0.3 is 4.74 Å². The number of carbonyl (C=O) groups is 1. The van der Waals surface area contributed by atoms with Gasteiger partial charge in [0.05, 0.1) is 0 Å². The van der Waals surface area contributed by atoms with Crippen molar-refractivity contribution in [3.05, 3.63) is 41.3 Å². The van der Waals surface area contributed by atoms with Crippen LogP contribution in [0.4, 0.5) is 0 Å². The highest BCUT2D eigenvalue weighted by molar-refractivity contribution is 7.21. The molecule has 0 spiro atoms. The number of hydrogen-bond acceptors (Lipinski definition) is 2. The third-order valence-corrected chi connectivity index (χ3v) is 3.15. The Labute approximate surface area is 99.6 Å². The second kappa shape index (κ2) is 4.65. The van der Waals surface area contributed by atoms with Crippen molar-refractivity contribution in [3.8, 4) is 0 Å². The fourth-order valence-corrected chi connectivity index (χ4v) is 1.99. The minimum atomic E-state index is -1.09. The molecule has 1 radical (unpaired) electrons. The van der Waals surface area contributed by atoms with Gasteiger partial charge >= 0.3 is 0 Å². The molecule has 2 atom stereocenters. The van der Waals surface area contributed by atoms with Crippen molar-refractivity contribution in [2.75, 3.05) is 7.11 Å². The molecule has 2 unspecified atom stereocenters. The van der Waals surface area contributed by atoms with Crippen molar-refractivity contribution in [1.29, 1.82) is 0 Å². The first-order valence-corrected chi connectivity index (χ1v) is 5.69. The Bertz CT molecular complexity index is 399. The van der Waals surface area contributed by atoms with Crippen LogP contribution in [-0.4, -0.2) is 18.2 Å². The molecule has 0 heterocycles. The monoisotopic (exact) mass is 237 g/mol. The number of methoxy groups -OCH3 is 1. The molecule has 1 aromatic carbocycles. The summed E-state index contributed by atoms with van der Waals surface area (Å²) in [6.45, 7) is 9.65. The zero-order valence-electron chi connectivity index (χ0n) is 10.3.